The SMILES string of the molecule is C=C/C=C\c1nc(C(C)C)cn1C.CC. The molecule has 15 heavy (non-hydrogen) atoms. The first kappa shape index (κ1) is 13.7. The second kappa shape index (κ2) is 7.04. The molecule has 0 N–H and O–H groups in total. The number of aromatic nitrogens is 2. The fourth-order valence-electron chi connectivity index (χ4n) is 1.09. The van der Waals surface area contributed by atoms with E-state index in [1.165, 1.54) is 0 Å². The van der Waals surface area contributed by atoms with Crippen LogP contribution in [-0.4, -0.2) is 9.55 Å². The predicted molar refractivity (Wildman–Crippen MR) is 67.9 cm³/mol. The van der Waals surface area contributed by atoms with E-state index in [0.717, 1.165) is 11.5 Å². The second-order valence-corrected chi connectivity index (χ2v) is 3.38. The van der Waals surface area contributed by atoms with E-state index in [9.17, 15) is 0 Å². The Morgan fingerprint density at radius 2 is 2.00 bits per heavy atom. The average Bonchev–Trinajstić information content (AvgIpc) is 2.60. The van der Waals surface area contributed by atoms with Gasteiger partial charge in [-0.05, 0) is 12.0 Å². The Morgan fingerprint density at radius 1 is 1.40 bits per heavy atom. The molecule has 0 atom stereocenters. The van der Waals surface area contributed by atoms with Gasteiger partial charge in [-0.25, -0.2) is 4.98 Å². The van der Waals surface area contributed by atoms with Crippen LogP contribution in [0.15, 0.2) is 24.9 Å². The van der Waals surface area contributed by atoms with Crippen molar-refractivity contribution in [2.24, 2.45) is 7.05 Å². The number of hydrogen-bond acceptors (Lipinski definition) is 1. The largest absolute Gasteiger partial charge is 0.334 e. The van der Waals surface area contributed by atoms with Gasteiger partial charge in [0.15, 0.2) is 0 Å². The topological polar surface area (TPSA) is 17.8 Å². The van der Waals surface area contributed by atoms with E-state index in [0.29, 0.717) is 5.92 Å². The maximum atomic E-state index is 4.48. The molecule has 2 nitrogen and oxygen atoms in total. The van der Waals surface area contributed by atoms with Crippen LogP contribution in [0.4, 0.5) is 0 Å². The lowest BCUT2D eigenvalue weighted by molar-refractivity contribution is 0.829. The molecule has 0 aliphatic carbocycles. The molecule has 0 saturated heterocycles. The summed E-state index contributed by atoms with van der Waals surface area (Å²) in [7, 11) is 2.00. The van der Waals surface area contributed by atoms with E-state index in [2.05, 4.69) is 31.6 Å². The van der Waals surface area contributed by atoms with E-state index < -0.39 is 0 Å². The summed E-state index contributed by atoms with van der Waals surface area (Å²) in [5.74, 6) is 1.46. The van der Waals surface area contributed by atoms with Gasteiger partial charge in [0.1, 0.15) is 5.82 Å². The minimum atomic E-state index is 0.483. The molecule has 84 valence electrons. The van der Waals surface area contributed by atoms with Gasteiger partial charge in [-0.2, -0.15) is 0 Å². The molecular formula is C13H22N2. The molecule has 0 saturated carbocycles. The summed E-state index contributed by atoms with van der Waals surface area (Å²) < 4.78 is 2.02. The number of nitrogens with zero attached hydrogens (tertiary/aromatic N) is 2. The van der Waals surface area contributed by atoms with Crippen molar-refractivity contribution in [1.82, 2.24) is 9.55 Å². The Labute approximate surface area is 93.3 Å². The van der Waals surface area contributed by atoms with Gasteiger partial charge in [0.05, 0.1) is 5.69 Å². The molecule has 0 radical (unpaired) electrons. The van der Waals surface area contributed by atoms with E-state index in [-0.39, 0.29) is 0 Å². The van der Waals surface area contributed by atoms with Gasteiger partial charge in [0.2, 0.25) is 0 Å². The van der Waals surface area contributed by atoms with Crippen LogP contribution in [0, 0.1) is 0 Å². The smallest absolute Gasteiger partial charge is 0.132 e. The molecule has 0 spiro atoms. The van der Waals surface area contributed by atoms with Crippen LogP contribution in [0.1, 0.15) is 45.1 Å². The highest BCUT2D eigenvalue weighted by Gasteiger charge is 2.05. The van der Waals surface area contributed by atoms with Crippen molar-refractivity contribution in [3.8, 4) is 0 Å². The summed E-state index contributed by atoms with van der Waals surface area (Å²) in [6.45, 7) is 11.9. The van der Waals surface area contributed by atoms with E-state index in [1.807, 2.05) is 37.6 Å². The Balaban J connectivity index is 0.000000921. The molecule has 1 aromatic heterocycles. The maximum Gasteiger partial charge on any atom is 0.132 e. The zero-order valence-corrected chi connectivity index (χ0v) is 10.5. The van der Waals surface area contributed by atoms with Crippen LogP contribution in [0.3, 0.4) is 0 Å². The highest BCUT2D eigenvalue weighted by Crippen LogP contribution is 2.13. The molecule has 0 bridgehead atoms. The Bertz CT molecular complexity index is 319. The van der Waals surface area contributed by atoms with Crippen molar-refractivity contribution >= 4 is 6.08 Å². The monoisotopic (exact) mass is 206 g/mol. The Hall–Kier alpha value is -1.31. The maximum absolute atomic E-state index is 4.48. The molecule has 0 amide bonds. The van der Waals surface area contributed by atoms with Crippen LogP contribution >= 0.6 is 0 Å². The predicted octanol–water partition coefficient (Wildman–Crippen LogP) is 3.77. The molecule has 0 unspecified atom stereocenters. The summed E-state index contributed by atoms with van der Waals surface area (Å²) in [5.41, 5.74) is 1.13. The van der Waals surface area contributed by atoms with Crippen molar-refractivity contribution in [2.75, 3.05) is 0 Å². The van der Waals surface area contributed by atoms with Crippen molar-refractivity contribution < 1.29 is 0 Å². The molecular weight excluding hydrogens is 184 g/mol. The Morgan fingerprint density at radius 3 is 2.40 bits per heavy atom. The first-order valence-electron chi connectivity index (χ1n) is 5.47. The lowest BCUT2D eigenvalue weighted by Crippen LogP contribution is -1.88. The van der Waals surface area contributed by atoms with Crippen molar-refractivity contribution in [3.63, 3.8) is 0 Å². The minimum Gasteiger partial charge on any atom is -0.334 e. The summed E-state index contributed by atoms with van der Waals surface area (Å²) in [5, 5.41) is 0. The van der Waals surface area contributed by atoms with Crippen molar-refractivity contribution in [1.29, 1.82) is 0 Å². The second-order valence-electron chi connectivity index (χ2n) is 3.38. The zero-order chi connectivity index (χ0) is 11.8. The molecule has 0 aromatic carbocycles. The van der Waals surface area contributed by atoms with E-state index >= 15 is 0 Å². The highest BCUT2D eigenvalue weighted by atomic mass is 15.0. The van der Waals surface area contributed by atoms with Gasteiger partial charge < -0.3 is 4.57 Å². The Kier molecular flexibility index (Phi) is 6.43. The average molecular weight is 206 g/mol. The van der Waals surface area contributed by atoms with Gasteiger partial charge in [-0.15, -0.1) is 0 Å². The fraction of sp³-hybridized carbons (Fsp3) is 0.462. The molecule has 0 aliphatic rings. The lowest BCUT2D eigenvalue weighted by atomic mass is 10.2. The normalized spacial score (nSPS) is 10.3. The van der Waals surface area contributed by atoms with Gasteiger partial charge in [-0.1, -0.05) is 46.4 Å². The lowest BCUT2D eigenvalue weighted by Gasteiger charge is -1.95. The van der Waals surface area contributed by atoms with E-state index in [4.69, 9.17) is 0 Å². The van der Waals surface area contributed by atoms with Crippen LogP contribution in [-0.2, 0) is 7.05 Å². The van der Waals surface area contributed by atoms with E-state index in [1.54, 1.807) is 6.08 Å². The number of imidazole rings is 1. The van der Waals surface area contributed by atoms with Crippen LogP contribution in [0.25, 0.3) is 6.08 Å². The van der Waals surface area contributed by atoms with Crippen LogP contribution in [0.2, 0.25) is 0 Å². The third-order valence-corrected chi connectivity index (χ3v) is 1.90. The molecule has 1 heterocycles. The van der Waals surface area contributed by atoms with Crippen molar-refractivity contribution in [2.45, 2.75) is 33.6 Å². The molecule has 0 aliphatic heterocycles. The van der Waals surface area contributed by atoms with Crippen LogP contribution < -0.4 is 0 Å². The summed E-state index contributed by atoms with van der Waals surface area (Å²) >= 11 is 0. The quantitative estimate of drug-likeness (QED) is 0.688. The number of hydrogen-bond donors (Lipinski definition) is 0. The van der Waals surface area contributed by atoms with Gasteiger partial charge in [-0.3, -0.25) is 0 Å². The van der Waals surface area contributed by atoms with Crippen LogP contribution in [0.5, 0.6) is 0 Å². The number of aryl methyl sites for hydroxylation is 1. The van der Waals surface area contributed by atoms with Crippen molar-refractivity contribution in [3.05, 3.63) is 36.4 Å². The zero-order valence-electron chi connectivity index (χ0n) is 10.5. The highest BCUT2D eigenvalue weighted by molar-refractivity contribution is 5.43. The fourth-order valence-corrected chi connectivity index (χ4v) is 1.09. The van der Waals surface area contributed by atoms with Gasteiger partial charge in [0.25, 0.3) is 0 Å². The third-order valence-electron chi connectivity index (χ3n) is 1.90. The molecule has 1 aromatic rings. The standard InChI is InChI=1S/C11H16N2.C2H6/c1-5-6-7-11-12-10(9(2)3)8-13(11)4;1-2/h5-9H,1H2,2-4H3;1-2H3/b7-6-;. The van der Waals surface area contributed by atoms with Gasteiger partial charge in [0, 0.05) is 13.2 Å². The summed E-state index contributed by atoms with van der Waals surface area (Å²) in [4.78, 5) is 4.48. The molecule has 2 heteroatoms. The minimum absolute atomic E-state index is 0.483. The first-order chi connectivity index (χ1) is 7.15. The number of rotatable bonds is 3. The first-order valence-corrected chi connectivity index (χ1v) is 5.47. The molecule has 0 fully saturated rings. The third kappa shape index (κ3) is 4.15. The molecule has 1 rings (SSSR count). The summed E-state index contributed by atoms with van der Waals surface area (Å²) in [6.07, 6.45) is 7.67. The number of allylic oxidation sites excluding steroid dienone is 2. The van der Waals surface area contributed by atoms with Gasteiger partial charge >= 0.3 is 0 Å². The summed E-state index contributed by atoms with van der Waals surface area (Å²) in [6, 6.07) is 0.